The molecule has 106 valence electrons. The Labute approximate surface area is 123 Å². The predicted octanol–water partition coefficient (Wildman–Crippen LogP) is 3.51. The van der Waals surface area contributed by atoms with Gasteiger partial charge in [-0.2, -0.15) is 0 Å². The summed E-state index contributed by atoms with van der Waals surface area (Å²) < 4.78 is 5.11. The monoisotopic (exact) mass is 280 g/mol. The maximum absolute atomic E-state index is 12.1. The van der Waals surface area contributed by atoms with Crippen molar-refractivity contribution in [1.29, 1.82) is 0 Å². The van der Waals surface area contributed by atoms with Crippen molar-refractivity contribution in [2.24, 2.45) is 0 Å². The zero-order valence-electron chi connectivity index (χ0n) is 11.7. The van der Waals surface area contributed by atoms with Gasteiger partial charge >= 0.3 is 5.97 Å². The van der Waals surface area contributed by atoms with Crippen LogP contribution in [0, 0.1) is 0 Å². The number of benzene rings is 2. The largest absolute Gasteiger partial charge is 0.451 e. The maximum atomic E-state index is 12.1. The highest BCUT2D eigenvalue weighted by molar-refractivity contribution is 6.00. The van der Waals surface area contributed by atoms with E-state index in [0.717, 1.165) is 5.56 Å². The van der Waals surface area contributed by atoms with Crippen LogP contribution in [0.2, 0.25) is 0 Å². The van der Waals surface area contributed by atoms with Crippen molar-refractivity contribution in [3.8, 4) is 0 Å². The quantitative estimate of drug-likeness (QED) is 0.478. The molecule has 3 heteroatoms. The summed E-state index contributed by atoms with van der Waals surface area (Å²) in [5.41, 5.74) is 1.43. The summed E-state index contributed by atoms with van der Waals surface area (Å²) in [5.74, 6) is -0.743. The lowest BCUT2D eigenvalue weighted by atomic mass is 10.1. The normalized spacial score (nSPS) is 12.0. The van der Waals surface area contributed by atoms with Gasteiger partial charge in [0.2, 0.25) is 5.78 Å². The van der Waals surface area contributed by atoms with Gasteiger partial charge in [-0.1, -0.05) is 60.7 Å². The van der Waals surface area contributed by atoms with Crippen molar-refractivity contribution >= 4 is 17.8 Å². The number of hydrogen-bond donors (Lipinski definition) is 0. The standard InChI is InChI=1S/C18H16O3/c1-14(18(20)16-10-6-3-7-11-16)21-17(19)13-12-15-8-4-2-5-9-15/h2-14H,1H3/b13-12+. The number of rotatable bonds is 5. The molecule has 0 aliphatic carbocycles. The number of carbonyl (C=O) groups is 2. The third kappa shape index (κ3) is 4.42. The summed E-state index contributed by atoms with van der Waals surface area (Å²) >= 11 is 0. The molecule has 0 radical (unpaired) electrons. The van der Waals surface area contributed by atoms with Gasteiger partial charge in [0.25, 0.3) is 0 Å². The highest BCUT2D eigenvalue weighted by Gasteiger charge is 2.17. The SMILES string of the molecule is CC(OC(=O)/C=C/c1ccccc1)C(=O)c1ccccc1. The van der Waals surface area contributed by atoms with Gasteiger partial charge < -0.3 is 4.74 Å². The van der Waals surface area contributed by atoms with Crippen molar-refractivity contribution in [1.82, 2.24) is 0 Å². The molecule has 0 heterocycles. The molecule has 0 aliphatic rings. The fraction of sp³-hybridized carbons (Fsp3) is 0.111. The Bertz CT molecular complexity index is 630. The van der Waals surface area contributed by atoms with E-state index in [0.29, 0.717) is 5.56 Å². The zero-order valence-corrected chi connectivity index (χ0v) is 11.7. The van der Waals surface area contributed by atoms with Crippen LogP contribution in [-0.4, -0.2) is 17.9 Å². The van der Waals surface area contributed by atoms with E-state index in [4.69, 9.17) is 4.74 Å². The first-order valence-electron chi connectivity index (χ1n) is 6.70. The second-order valence-electron chi connectivity index (χ2n) is 4.55. The molecule has 2 aromatic rings. The summed E-state index contributed by atoms with van der Waals surface area (Å²) in [7, 11) is 0. The molecule has 1 unspecified atom stereocenters. The molecule has 3 nitrogen and oxygen atoms in total. The van der Waals surface area contributed by atoms with Crippen LogP contribution in [0.15, 0.2) is 66.7 Å². The minimum Gasteiger partial charge on any atom is -0.451 e. The fourth-order valence-corrected chi connectivity index (χ4v) is 1.83. The predicted molar refractivity (Wildman–Crippen MR) is 81.8 cm³/mol. The zero-order chi connectivity index (χ0) is 15.1. The molecule has 0 aliphatic heterocycles. The smallest absolute Gasteiger partial charge is 0.331 e. The van der Waals surface area contributed by atoms with Crippen LogP contribution in [-0.2, 0) is 9.53 Å². The van der Waals surface area contributed by atoms with Crippen LogP contribution >= 0.6 is 0 Å². The number of ketones is 1. The third-order valence-electron chi connectivity index (χ3n) is 2.93. The molecular weight excluding hydrogens is 264 g/mol. The van der Waals surface area contributed by atoms with Crippen LogP contribution in [0.25, 0.3) is 6.08 Å². The van der Waals surface area contributed by atoms with Crippen molar-refractivity contribution < 1.29 is 14.3 Å². The molecule has 0 saturated heterocycles. The average Bonchev–Trinajstić information content (AvgIpc) is 2.54. The molecule has 0 saturated carbocycles. The molecule has 2 aromatic carbocycles. The lowest BCUT2D eigenvalue weighted by Crippen LogP contribution is -2.23. The minimum atomic E-state index is -0.805. The second-order valence-corrected chi connectivity index (χ2v) is 4.55. The van der Waals surface area contributed by atoms with Crippen molar-refractivity contribution in [2.45, 2.75) is 13.0 Å². The van der Waals surface area contributed by atoms with Crippen molar-refractivity contribution in [3.63, 3.8) is 0 Å². The Morgan fingerprint density at radius 3 is 2.14 bits per heavy atom. The van der Waals surface area contributed by atoms with Crippen LogP contribution in [0.1, 0.15) is 22.8 Å². The van der Waals surface area contributed by atoms with E-state index in [-0.39, 0.29) is 5.78 Å². The molecule has 0 bridgehead atoms. The average molecular weight is 280 g/mol. The second kappa shape index (κ2) is 7.20. The Balaban J connectivity index is 1.93. The first-order valence-corrected chi connectivity index (χ1v) is 6.70. The lowest BCUT2D eigenvalue weighted by Gasteiger charge is -2.10. The van der Waals surface area contributed by atoms with Gasteiger partial charge in [-0.25, -0.2) is 4.79 Å². The molecule has 21 heavy (non-hydrogen) atoms. The van der Waals surface area contributed by atoms with Gasteiger partial charge in [0.15, 0.2) is 6.10 Å². The van der Waals surface area contributed by atoms with E-state index in [2.05, 4.69) is 0 Å². The topological polar surface area (TPSA) is 43.4 Å². The van der Waals surface area contributed by atoms with E-state index >= 15 is 0 Å². The summed E-state index contributed by atoms with van der Waals surface area (Å²) in [4.78, 5) is 23.8. The molecule has 0 fully saturated rings. The van der Waals surface area contributed by atoms with Gasteiger partial charge in [-0.15, -0.1) is 0 Å². The van der Waals surface area contributed by atoms with E-state index in [1.54, 1.807) is 37.3 Å². The third-order valence-corrected chi connectivity index (χ3v) is 2.93. The molecular formula is C18H16O3. The number of Topliss-reactive ketones (excluding diaryl/α,β-unsaturated/α-hetero) is 1. The summed E-state index contributed by atoms with van der Waals surface area (Å²) in [5, 5.41) is 0. The Hall–Kier alpha value is -2.68. The highest BCUT2D eigenvalue weighted by Crippen LogP contribution is 2.07. The molecule has 0 N–H and O–H groups in total. The first kappa shape index (κ1) is 14.7. The molecule has 2 rings (SSSR count). The molecule has 1 atom stereocenters. The Morgan fingerprint density at radius 2 is 1.52 bits per heavy atom. The van der Waals surface area contributed by atoms with Gasteiger partial charge in [-0.05, 0) is 18.6 Å². The van der Waals surface area contributed by atoms with E-state index in [1.807, 2.05) is 36.4 Å². The summed E-state index contributed by atoms with van der Waals surface area (Å²) in [6, 6.07) is 18.2. The fourth-order valence-electron chi connectivity index (χ4n) is 1.83. The lowest BCUT2D eigenvalue weighted by molar-refractivity contribution is -0.140. The van der Waals surface area contributed by atoms with E-state index in [1.165, 1.54) is 6.08 Å². The molecule has 0 amide bonds. The Morgan fingerprint density at radius 1 is 0.952 bits per heavy atom. The number of carbonyl (C=O) groups excluding carboxylic acids is 2. The number of hydrogen-bond acceptors (Lipinski definition) is 3. The van der Waals surface area contributed by atoms with Gasteiger partial charge in [0.05, 0.1) is 0 Å². The van der Waals surface area contributed by atoms with Crippen molar-refractivity contribution in [2.75, 3.05) is 0 Å². The van der Waals surface area contributed by atoms with Crippen LogP contribution < -0.4 is 0 Å². The molecule has 0 spiro atoms. The highest BCUT2D eigenvalue weighted by atomic mass is 16.5. The van der Waals surface area contributed by atoms with Gasteiger partial charge in [0.1, 0.15) is 0 Å². The summed E-state index contributed by atoms with van der Waals surface area (Å²) in [6.07, 6.45) is 2.17. The van der Waals surface area contributed by atoms with E-state index < -0.39 is 12.1 Å². The van der Waals surface area contributed by atoms with Crippen LogP contribution in [0.5, 0.6) is 0 Å². The van der Waals surface area contributed by atoms with E-state index in [9.17, 15) is 9.59 Å². The van der Waals surface area contributed by atoms with Crippen molar-refractivity contribution in [3.05, 3.63) is 77.9 Å². The minimum absolute atomic E-state index is 0.211. The van der Waals surface area contributed by atoms with Crippen LogP contribution in [0.3, 0.4) is 0 Å². The summed E-state index contributed by atoms with van der Waals surface area (Å²) in [6.45, 7) is 1.57. The van der Waals surface area contributed by atoms with Gasteiger partial charge in [0, 0.05) is 11.6 Å². The van der Waals surface area contributed by atoms with Gasteiger partial charge in [-0.3, -0.25) is 4.79 Å². The maximum Gasteiger partial charge on any atom is 0.331 e. The Kier molecular flexibility index (Phi) is 5.04. The molecule has 0 aromatic heterocycles. The number of ether oxygens (including phenoxy) is 1. The van der Waals surface area contributed by atoms with Crippen LogP contribution in [0.4, 0.5) is 0 Å². The first-order chi connectivity index (χ1) is 10.2. The number of esters is 1.